The van der Waals surface area contributed by atoms with E-state index in [0.29, 0.717) is 13.2 Å². The predicted octanol–water partition coefficient (Wildman–Crippen LogP) is -0.128. The summed E-state index contributed by atoms with van der Waals surface area (Å²) in [6.45, 7) is 4.20. The van der Waals surface area contributed by atoms with Gasteiger partial charge >= 0.3 is 6.18 Å². The maximum Gasteiger partial charge on any atom is 0.419 e. The number of aliphatic hydroxyl groups is 1. The summed E-state index contributed by atoms with van der Waals surface area (Å²) in [6, 6.07) is 0. The summed E-state index contributed by atoms with van der Waals surface area (Å²) in [4.78, 5) is 0. The smallest absolute Gasteiger partial charge is 0.379 e. The molecule has 0 fully saturated rings. The fraction of sp³-hybridized carbons (Fsp3) is 1.00. The number of alkyl halides is 3. The maximum absolute atomic E-state index is 11.9. The monoisotopic (exact) mass is 246 g/mol. The molecule has 3 N–H and O–H groups in total. The van der Waals surface area contributed by atoms with Gasteiger partial charge in [-0.15, -0.1) is 0 Å². The molecule has 0 aliphatic rings. The van der Waals surface area contributed by atoms with Gasteiger partial charge in [-0.1, -0.05) is 0 Å². The molecule has 0 aliphatic heterocycles. The maximum atomic E-state index is 11.9. The summed E-state index contributed by atoms with van der Waals surface area (Å²) in [6.07, 6.45) is -7.41. The highest BCUT2D eigenvalue weighted by Gasteiger charge is 2.39. The molecule has 0 radical (unpaired) electrons. The first-order valence-corrected chi connectivity index (χ1v) is 5.21. The van der Waals surface area contributed by atoms with Crippen LogP contribution in [0.2, 0.25) is 0 Å². The van der Waals surface area contributed by atoms with Crippen LogP contribution in [0.5, 0.6) is 0 Å². The van der Waals surface area contributed by atoms with Gasteiger partial charge in [0.2, 0.25) is 6.29 Å². The lowest BCUT2D eigenvalue weighted by Gasteiger charge is -2.17. The summed E-state index contributed by atoms with van der Waals surface area (Å²) in [5.74, 6) is 0. The van der Waals surface area contributed by atoms with E-state index >= 15 is 0 Å². The van der Waals surface area contributed by atoms with Crippen molar-refractivity contribution in [3.05, 3.63) is 0 Å². The van der Waals surface area contributed by atoms with Crippen molar-refractivity contribution in [3.63, 3.8) is 0 Å². The van der Waals surface area contributed by atoms with Gasteiger partial charge in [0.1, 0.15) is 13.1 Å². The van der Waals surface area contributed by atoms with Gasteiger partial charge in [0.05, 0.1) is 0 Å². The Hall–Kier alpha value is -0.370. The number of rotatable bonds is 8. The number of aliphatic hydroxyl groups excluding tert-OH is 1. The number of quaternary nitrogens is 1. The van der Waals surface area contributed by atoms with Gasteiger partial charge in [-0.25, -0.2) is 0 Å². The fourth-order valence-corrected chi connectivity index (χ4v) is 1.08. The second-order valence-electron chi connectivity index (χ2n) is 3.16. The van der Waals surface area contributed by atoms with Crippen molar-refractivity contribution in [2.24, 2.45) is 0 Å². The predicted molar refractivity (Wildman–Crippen MR) is 50.8 cm³/mol. The van der Waals surface area contributed by atoms with Crippen LogP contribution in [0.3, 0.4) is 0 Å². The van der Waals surface area contributed by atoms with Crippen molar-refractivity contribution >= 4 is 0 Å². The highest BCUT2D eigenvalue weighted by Crippen LogP contribution is 2.18. The SMILES string of the molecule is CCOC(C[NH2+]C[C@H](O)C(F)(F)F)OCC. The normalized spacial score (nSPS) is 14.4. The lowest BCUT2D eigenvalue weighted by Crippen LogP contribution is -2.89. The molecule has 0 bridgehead atoms. The van der Waals surface area contributed by atoms with E-state index in [9.17, 15) is 13.2 Å². The van der Waals surface area contributed by atoms with E-state index in [1.54, 1.807) is 13.8 Å². The standard InChI is InChI=1S/C9H18F3NO3/c1-3-15-8(16-4-2)6-13-5-7(14)9(10,11)12/h7-8,13-14H,3-6H2,1-2H3/p+1/t7-/m0/s1. The molecule has 16 heavy (non-hydrogen) atoms. The quantitative estimate of drug-likeness (QED) is 0.587. The van der Waals surface area contributed by atoms with E-state index in [2.05, 4.69) is 0 Å². The van der Waals surface area contributed by atoms with E-state index < -0.39 is 25.1 Å². The number of hydrogen-bond donors (Lipinski definition) is 2. The molecule has 0 unspecified atom stereocenters. The Labute approximate surface area is 92.7 Å². The molecule has 7 heteroatoms. The van der Waals surface area contributed by atoms with Crippen molar-refractivity contribution in [1.29, 1.82) is 0 Å². The molecule has 0 heterocycles. The molecular weight excluding hydrogens is 227 g/mol. The number of ether oxygens (including phenoxy) is 2. The third-order valence-electron chi connectivity index (χ3n) is 1.83. The molecule has 0 amide bonds. The van der Waals surface area contributed by atoms with E-state index in [1.807, 2.05) is 0 Å². The van der Waals surface area contributed by atoms with E-state index in [-0.39, 0.29) is 6.54 Å². The van der Waals surface area contributed by atoms with Crippen molar-refractivity contribution in [2.75, 3.05) is 26.3 Å². The van der Waals surface area contributed by atoms with Crippen LogP contribution in [0.15, 0.2) is 0 Å². The van der Waals surface area contributed by atoms with Gasteiger partial charge in [0.25, 0.3) is 0 Å². The number of nitrogens with two attached hydrogens (primary N) is 1. The summed E-state index contributed by atoms with van der Waals surface area (Å²) in [7, 11) is 0. The minimum atomic E-state index is -4.57. The Morgan fingerprint density at radius 2 is 1.62 bits per heavy atom. The average molecular weight is 246 g/mol. The summed E-state index contributed by atoms with van der Waals surface area (Å²) in [5.41, 5.74) is 0. The zero-order valence-corrected chi connectivity index (χ0v) is 9.46. The van der Waals surface area contributed by atoms with Crippen molar-refractivity contribution in [3.8, 4) is 0 Å². The average Bonchev–Trinajstić information content (AvgIpc) is 2.16. The van der Waals surface area contributed by atoms with Crippen LogP contribution >= 0.6 is 0 Å². The highest BCUT2D eigenvalue weighted by atomic mass is 19.4. The largest absolute Gasteiger partial charge is 0.419 e. The Morgan fingerprint density at radius 3 is 2.00 bits per heavy atom. The first-order valence-electron chi connectivity index (χ1n) is 5.21. The van der Waals surface area contributed by atoms with Gasteiger partial charge < -0.3 is 19.9 Å². The highest BCUT2D eigenvalue weighted by molar-refractivity contribution is 4.61. The van der Waals surface area contributed by atoms with Crippen molar-refractivity contribution in [1.82, 2.24) is 0 Å². The molecule has 0 saturated carbocycles. The molecule has 0 aromatic carbocycles. The van der Waals surface area contributed by atoms with Gasteiger partial charge in [-0.3, -0.25) is 0 Å². The molecule has 0 saturated heterocycles. The molecule has 0 aliphatic carbocycles. The van der Waals surface area contributed by atoms with Crippen LogP contribution in [0.25, 0.3) is 0 Å². The summed E-state index contributed by atoms with van der Waals surface area (Å²) in [5, 5.41) is 10.0. The van der Waals surface area contributed by atoms with E-state index in [1.165, 1.54) is 5.32 Å². The van der Waals surface area contributed by atoms with Gasteiger partial charge in [-0.2, -0.15) is 13.2 Å². The topological polar surface area (TPSA) is 55.3 Å². The Kier molecular flexibility index (Phi) is 7.65. The zero-order valence-electron chi connectivity index (χ0n) is 9.46. The summed E-state index contributed by atoms with van der Waals surface area (Å²) >= 11 is 0. The van der Waals surface area contributed by atoms with E-state index in [4.69, 9.17) is 14.6 Å². The van der Waals surface area contributed by atoms with Gasteiger partial charge in [0, 0.05) is 13.2 Å². The van der Waals surface area contributed by atoms with Crippen LogP contribution in [0, 0.1) is 0 Å². The van der Waals surface area contributed by atoms with Crippen molar-refractivity contribution in [2.45, 2.75) is 32.4 Å². The zero-order chi connectivity index (χ0) is 12.6. The first-order chi connectivity index (χ1) is 7.41. The Morgan fingerprint density at radius 1 is 1.12 bits per heavy atom. The molecular formula is C9H19F3NO3+. The molecule has 1 atom stereocenters. The Balaban J connectivity index is 3.76. The lowest BCUT2D eigenvalue weighted by molar-refractivity contribution is -0.677. The Bertz CT molecular complexity index is 172. The van der Waals surface area contributed by atoms with Gasteiger partial charge in [0.15, 0.2) is 6.10 Å². The second kappa shape index (κ2) is 7.83. The van der Waals surface area contributed by atoms with Crippen LogP contribution < -0.4 is 5.32 Å². The minimum Gasteiger partial charge on any atom is -0.379 e. The minimum absolute atomic E-state index is 0.231. The molecule has 0 spiro atoms. The lowest BCUT2D eigenvalue weighted by atomic mass is 10.3. The number of hydrogen-bond acceptors (Lipinski definition) is 3. The van der Waals surface area contributed by atoms with Crippen LogP contribution in [0.1, 0.15) is 13.8 Å². The molecule has 4 nitrogen and oxygen atoms in total. The van der Waals surface area contributed by atoms with Crippen molar-refractivity contribution < 1.29 is 33.1 Å². The molecule has 98 valence electrons. The summed E-state index contributed by atoms with van der Waals surface area (Å²) < 4.78 is 46.1. The van der Waals surface area contributed by atoms with E-state index in [0.717, 1.165) is 0 Å². The molecule has 0 aromatic rings. The fourth-order valence-electron chi connectivity index (χ4n) is 1.08. The second-order valence-corrected chi connectivity index (χ2v) is 3.16. The molecule has 0 aromatic heterocycles. The van der Waals surface area contributed by atoms with Crippen LogP contribution in [-0.2, 0) is 9.47 Å². The van der Waals surface area contributed by atoms with Gasteiger partial charge in [-0.05, 0) is 13.8 Å². The molecule has 0 rings (SSSR count). The van der Waals surface area contributed by atoms with Crippen LogP contribution in [0.4, 0.5) is 13.2 Å². The third-order valence-corrected chi connectivity index (χ3v) is 1.83. The number of halogens is 3. The van der Waals surface area contributed by atoms with Crippen LogP contribution in [-0.4, -0.2) is 50.0 Å². The first kappa shape index (κ1) is 15.6. The third kappa shape index (κ3) is 7.00.